The van der Waals surface area contributed by atoms with Crippen LogP contribution in [-0.2, 0) is 9.59 Å². The number of hydrogen-bond donors (Lipinski definition) is 0. The average molecular weight is 498 g/mol. The molecule has 0 heterocycles. The highest BCUT2D eigenvalue weighted by molar-refractivity contribution is 6.39. The molecule has 0 aliphatic heterocycles. The van der Waals surface area contributed by atoms with E-state index >= 15 is 0 Å². The predicted octanol–water partition coefficient (Wildman–Crippen LogP) is 5.38. The quantitative estimate of drug-likeness (QED) is 0.234. The fraction of sp³-hybridized carbons (Fsp3) is 0.364. The van der Waals surface area contributed by atoms with Crippen LogP contribution in [-0.4, -0.2) is 45.2 Å². The lowest BCUT2D eigenvalue weighted by atomic mass is 10.2. The number of Topliss-reactive ketones (excluding diaryl/α,β-unsaturated/α-hetero) is 1. The number of ketones is 1. The SMILES string of the molecule is CCOc1cc(Cl)c(N=NC(C(C)=O)C(=O)N(Cl)c2cc(OC)cc(OC)c2)c(OCC)c1. The Bertz CT molecular complexity index is 1010. The molecule has 2 aromatic carbocycles. The topological polar surface area (TPSA) is 99.0 Å². The largest absolute Gasteiger partial charge is 0.497 e. The highest BCUT2D eigenvalue weighted by Gasteiger charge is 2.29. The molecule has 1 unspecified atom stereocenters. The lowest BCUT2D eigenvalue weighted by Gasteiger charge is -2.18. The number of anilines is 1. The van der Waals surface area contributed by atoms with Crippen LogP contribution in [0.4, 0.5) is 11.4 Å². The number of benzene rings is 2. The van der Waals surface area contributed by atoms with Crippen LogP contribution in [0.15, 0.2) is 40.6 Å². The summed E-state index contributed by atoms with van der Waals surface area (Å²) in [5, 5.41) is 8.17. The van der Waals surface area contributed by atoms with Gasteiger partial charge in [0.05, 0.1) is 38.1 Å². The van der Waals surface area contributed by atoms with Crippen LogP contribution >= 0.6 is 23.4 Å². The van der Waals surface area contributed by atoms with E-state index in [1.54, 1.807) is 25.1 Å². The van der Waals surface area contributed by atoms with Gasteiger partial charge in [-0.05, 0) is 20.8 Å². The Morgan fingerprint density at radius 2 is 1.58 bits per heavy atom. The molecule has 2 aromatic rings. The fourth-order valence-electron chi connectivity index (χ4n) is 2.72. The lowest BCUT2D eigenvalue weighted by Crippen LogP contribution is -2.36. The molecule has 2 rings (SSSR count). The molecule has 0 radical (unpaired) electrons. The first kappa shape index (κ1) is 26.2. The van der Waals surface area contributed by atoms with E-state index in [2.05, 4.69) is 10.2 Å². The third-order valence-electron chi connectivity index (χ3n) is 4.26. The molecule has 0 spiro atoms. The summed E-state index contributed by atoms with van der Waals surface area (Å²) in [6, 6.07) is 6.27. The number of carbonyl (C=O) groups is 2. The molecule has 33 heavy (non-hydrogen) atoms. The second-order valence-corrected chi connectivity index (χ2v) is 7.28. The molecule has 9 nitrogen and oxygen atoms in total. The molecular weight excluding hydrogens is 473 g/mol. The van der Waals surface area contributed by atoms with Gasteiger partial charge in [0.15, 0.2) is 11.5 Å². The zero-order valence-electron chi connectivity index (χ0n) is 18.9. The van der Waals surface area contributed by atoms with E-state index in [1.165, 1.54) is 33.3 Å². The Balaban J connectivity index is 2.40. The van der Waals surface area contributed by atoms with Gasteiger partial charge in [-0.25, -0.2) is 4.42 Å². The van der Waals surface area contributed by atoms with Gasteiger partial charge in [0, 0.05) is 42.1 Å². The van der Waals surface area contributed by atoms with Crippen molar-refractivity contribution >= 4 is 46.4 Å². The Morgan fingerprint density at radius 3 is 2.09 bits per heavy atom. The minimum absolute atomic E-state index is 0.158. The number of hydrogen-bond acceptors (Lipinski definition) is 8. The van der Waals surface area contributed by atoms with E-state index in [4.69, 9.17) is 42.3 Å². The van der Waals surface area contributed by atoms with Gasteiger partial charge in [0.2, 0.25) is 6.04 Å². The molecule has 0 aliphatic rings. The molecule has 0 saturated heterocycles. The van der Waals surface area contributed by atoms with Gasteiger partial charge in [0.25, 0.3) is 5.91 Å². The number of nitrogens with zero attached hydrogens (tertiary/aromatic N) is 3. The molecular formula is C22H25Cl2N3O6. The van der Waals surface area contributed by atoms with Crippen molar-refractivity contribution in [1.29, 1.82) is 0 Å². The van der Waals surface area contributed by atoms with Gasteiger partial charge in [-0.2, -0.15) is 5.11 Å². The molecule has 0 bridgehead atoms. The van der Waals surface area contributed by atoms with Crippen LogP contribution in [0.2, 0.25) is 5.02 Å². The second kappa shape index (κ2) is 12.3. The zero-order chi connectivity index (χ0) is 24.5. The van der Waals surface area contributed by atoms with Crippen molar-refractivity contribution in [2.75, 3.05) is 31.9 Å². The lowest BCUT2D eigenvalue weighted by molar-refractivity contribution is -0.126. The Hall–Kier alpha value is -3.04. The van der Waals surface area contributed by atoms with E-state index < -0.39 is 17.7 Å². The van der Waals surface area contributed by atoms with E-state index in [9.17, 15) is 9.59 Å². The van der Waals surface area contributed by atoms with Crippen molar-refractivity contribution < 1.29 is 28.5 Å². The maximum Gasteiger partial charge on any atom is 0.276 e. The van der Waals surface area contributed by atoms with Crippen molar-refractivity contribution in [3.63, 3.8) is 0 Å². The fourth-order valence-corrected chi connectivity index (χ4v) is 3.15. The van der Waals surface area contributed by atoms with Crippen LogP contribution in [0.3, 0.4) is 0 Å². The molecule has 1 amide bonds. The summed E-state index contributed by atoms with van der Waals surface area (Å²) in [6.07, 6.45) is 0. The van der Waals surface area contributed by atoms with E-state index in [0.717, 1.165) is 4.42 Å². The Kier molecular flexibility index (Phi) is 9.74. The van der Waals surface area contributed by atoms with E-state index in [0.29, 0.717) is 36.2 Å². The number of halogens is 2. The summed E-state index contributed by atoms with van der Waals surface area (Å²) in [7, 11) is 2.92. The third kappa shape index (κ3) is 6.72. The van der Waals surface area contributed by atoms with Gasteiger partial charge >= 0.3 is 0 Å². The van der Waals surface area contributed by atoms with Crippen LogP contribution in [0, 0.1) is 0 Å². The Morgan fingerprint density at radius 1 is 0.970 bits per heavy atom. The van der Waals surface area contributed by atoms with Gasteiger partial charge in [-0.3, -0.25) is 9.59 Å². The summed E-state index contributed by atoms with van der Waals surface area (Å²) in [6.45, 7) is 5.60. The smallest absolute Gasteiger partial charge is 0.276 e. The molecule has 0 N–H and O–H groups in total. The van der Waals surface area contributed by atoms with Crippen molar-refractivity contribution in [3.05, 3.63) is 35.4 Å². The third-order valence-corrected chi connectivity index (χ3v) is 4.91. The highest BCUT2D eigenvalue weighted by Crippen LogP contribution is 2.40. The van der Waals surface area contributed by atoms with Gasteiger partial charge in [0.1, 0.15) is 22.9 Å². The molecule has 1 atom stereocenters. The number of carbonyl (C=O) groups excluding carboxylic acids is 2. The molecule has 0 aromatic heterocycles. The summed E-state index contributed by atoms with van der Waals surface area (Å²) >= 11 is 12.6. The van der Waals surface area contributed by atoms with Gasteiger partial charge < -0.3 is 18.9 Å². The molecule has 0 aliphatic carbocycles. The number of methoxy groups -OCH3 is 2. The standard InChI is InChI=1S/C22H25Cl2N3O6/c1-6-32-17-11-18(23)21(19(12-17)33-7-2)26-25-20(13(3)28)22(29)27(24)14-8-15(30-4)10-16(9-14)31-5/h8-12,20H,6-7H2,1-5H3. The summed E-state index contributed by atoms with van der Waals surface area (Å²) < 4.78 is 22.2. The monoisotopic (exact) mass is 497 g/mol. The van der Waals surface area contributed by atoms with Crippen LogP contribution in [0.25, 0.3) is 0 Å². The molecule has 178 valence electrons. The minimum atomic E-state index is -1.52. The first-order valence-corrected chi connectivity index (χ1v) is 10.7. The van der Waals surface area contributed by atoms with Crippen molar-refractivity contribution in [1.82, 2.24) is 0 Å². The van der Waals surface area contributed by atoms with E-state index in [1.807, 2.05) is 6.92 Å². The van der Waals surface area contributed by atoms with Crippen molar-refractivity contribution in [2.45, 2.75) is 26.8 Å². The average Bonchev–Trinajstić information content (AvgIpc) is 2.79. The number of ether oxygens (including phenoxy) is 4. The number of rotatable bonds is 11. The first-order chi connectivity index (χ1) is 15.7. The number of amides is 1. The van der Waals surface area contributed by atoms with Crippen LogP contribution in [0.5, 0.6) is 23.0 Å². The van der Waals surface area contributed by atoms with Crippen LogP contribution in [0.1, 0.15) is 20.8 Å². The highest BCUT2D eigenvalue weighted by atomic mass is 35.5. The second-order valence-electron chi connectivity index (χ2n) is 6.54. The van der Waals surface area contributed by atoms with Gasteiger partial charge in [-0.15, -0.1) is 5.11 Å². The zero-order valence-corrected chi connectivity index (χ0v) is 20.4. The Labute approximate surface area is 202 Å². The van der Waals surface area contributed by atoms with E-state index in [-0.39, 0.29) is 16.4 Å². The summed E-state index contributed by atoms with van der Waals surface area (Å²) in [4.78, 5) is 25.2. The summed E-state index contributed by atoms with van der Waals surface area (Å²) in [5.74, 6) is 0.223. The van der Waals surface area contributed by atoms with Crippen LogP contribution < -0.4 is 23.4 Å². The van der Waals surface area contributed by atoms with Crippen molar-refractivity contribution in [2.24, 2.45) is 10.2 Å². The van der Waals surface area contributed by atoms with Crippen molar-refractivity contribution in [3.8, 4) is 23.0 Å². The number of azo groups is 1. The van der Waals surface area contributed by atoms with Gasteiger partial charge in [-0.1, -0.05) is 11.6 Å². The molecule has 0 fully saturated rings. The predicted molar refractivity (Wildman–Crippen MR) is 126 cm³/mol. The maximum atomic E-state index is 13.0. The molecule has 11 heteroatoms. The summed E-state index contributed by atoms with van der Waals surface area (Å²) in [5.41, 5.74) is 0.388. The minimum Gasteiger partial charge on any atom is -0.497 e. The first-order valence-electron chi connectivity index (χ1n) is 9.98. The molecule has 0 saturated carbocycles. The normalized spacial score (nSPS) is 11.7. The maximum absolute atomic E-state index is 13.0.